The molecule has 4 heterocycles. The number of carbonyl (C=O) groups excluding carboxylic acids is 1. The molecule has 0 radical (unpaired) electrons. The maximum atomic E-state index is 11.6. The van der Waals surface area contributed by atoms with Crippen LogP contribution in [0.1, 0.15) is 40.0 Å². The number of benzene rings is 2. The number of nitrogens with zero attached hydrogens (tertiary/aromatic N) is 4. The second-order valence-electron chi connectivity index (χ2n) is 9.41. The molecule has 2 aliphatic rings. The van der Waals surface area contributed by atoms with Gasteiger partial charge in [-0.25, -0.2) is 15.4 Å². The third kappa shape index (κ3) is 4.26. The molecule has 0 unspecified atom stereocenters. The Morgan fingerprint density at radius 2 is 1.74 bits per heavy atom. The summed E-state index contributed by atoms with van der Waals surface area (Å²) in [5, 5.41) is 10.0. The molecule has 0 saturated carbocycles. The number of nitrogens with one attached hydrogen (secondary N) is 2. The predicted octanol–water partition coefficient (Wildman–Crippen LogP) is 3.90. The number of rotatable bonds is 5. The van der Waals surface area contributed by atoms with Crippen LogP contribution in [0.3, 0.4) is 0 Å². The summed E-state index contributed by atoms with van der Waals surface area (Å²) in [4.78, 5) is 28.5. The molecule has 0 atom stereocenters. The van der Waals surface area contributed by atoms with Crippen molar-refractivity contribution in [2.45, 2.75) is 32.4 Å². The molecule has 8 heteroatoms. The second-order valence-corrected chi connectivity index (χ2v) is 9.41. The average Bonchev–Trinajstić information content (AvgIpc) is 3.55. The Morgan fingerprint density at radius 1 is 1.00 bits per heavy atom. The lowest BCUT2D eigenvalue weighted by Gasteiger charge is -2.27. The Hall–Kier alpha value is -3.75. The van der Waals surface area contributed by atoms with E-state index in [2.05, 4.69) is 67.2 Å². The van der Waals surface area contributed by atoms with Gasteiger partial charge in [0.05, 0.1) is 5.56 Å². The molecular formula is C27H28N6O2. The van der Waals surface area contributed by atoms with Gasteiger partial charge in [0, 0.05) is 60.6 Å². The van der Waals surface area contributed by atoms with Crippen molar-refractivity contribution in [3.63, 3.8) is 0 Å². The van der Waals surface area contributed by atoms with Crippen molar-refractivity contribution in [3.05, 3.63) is 77.2 Å². The van der Waals surface area contributed by atoms with E-state index in [1.54, 1.807) is 5.48 Å². The zero-order chi connectivity index (χ0) is 23.8. The minimum Gasteiger partial charge on any atom is -0.358 e. The number of hydrogen-bond acceptors (Lipinski definition) is 6. The summed E-state index contributed by atoms with van der Waals surface area (Å²) in [7, 11) is 0. The smallest absolute Gasteiger partial charge is 0.277 e. The first-order valence-corrected chi connectivity index (χ1v) is 12.1. The van der Waals surface area contributed by atoms with Gasteiger partial charge in [-0.3, -0.25) is 14.9 Å². The number of anilines is 1. The zero-order valence-electron chi connectivity index (χ0n) is 19.5. The molecule has 0 aliphatic carbocycles. The number of carbonyl (C=O) groups is 1. The van der Waals surface area contributed by atoms with E-state index in [1.807, 2.05) is 0 Å². The van der Waals surface area contributed by atoms with Gasteiger partial charge in [0.1, 0.15) is 0 Å². The van der Waals surface area contributed by atoms with E-state index < -0.39 is 5.91 Å². The molecule has 0 bridgehead atoms. The summed E-state index contributed by atoms with van der Waals surface area (Å²) in [5.41, 5.74) is 9.29. The molecule has 3 N–H and O–H groups in total. The second kappa shape index (κ2) is 9.13. The van der Waals surface area contributed by atoms with Gasteiger partial charge >= 0.3 is 0 Å². The quantitative estimate of drug-likeness (QED) is 0.304. The monoisotopic (exact) mass is 468 g/mol. The van der Waals surface area contributed by atoms with Crippen molar-refractivity contribution in [2.24, 2.45) is 0 Å². The van der Waals surface area contributed by atoms with Gasteiger partial charge in [-0.15, -0.1) is 0 Å². The van der Waals surface area contributed by atoms with Crippen LogP contribution in [0.2, 0.25) is 0 Å². The van der Waals surface area contributed by atoms with E-state index in [9.17, 15) is 4.79 Å². The summed E-state index contributed by atoms with van der Waals surface area (Å²) in [6.45, 7) is 4.94. The lowest BCUT2D eigenvalue weighted by molar-refractivity contribution is 0.0705. The fraction of sp³-hybridized carbons (Fsp3) is 0.296. The molecule has 4 aromatic rings. The highest BCUT2D eigenvalue weighted by atomic mass is 16.5. The van der Waals surface area contributed by atoms with Crippen molar-refractivity contribution in [1.82, 2.24) is 25.3 Å². The zero-order valence-corrected chi connectivity index (χ0v) is 19.5. The average molecular weight is 469 g/mol. The summed E-state index contributed by atoms with van der Waals surface area (Å²) < 4.78 is 0. The van der Waals surface area contributed by atoms with Crippen LogP contribution >= 0.6 is 0 Å². The molecule has 1 fully saturated rings. The van der Waals surface area contributed by atoms with Gasteiger partial charge in [-0.2, -0.15) is 0 Å². The third-order valence-electron chi connectivity index (χ3n) is 7.15. The van der Waals surface area contributed by atoms with Gasteiger partial charge < -0.3 is 9.88 Å². The number of likely N-dealkylation sites (tertiary alicyclic amines) is 1. The molecule has 2 aliphatic heterocycles. The van der Waals surface area contributed by atoms with E-state index in [4.69, 9.17) is 5.21 Å². The number of H-pyrrole nitrogens is 1. The summed E-state index contributed by atoms with van der Waals surface area (Å²) in [5.74, 6) is -0.0463. The van der Waals surface area contributed by atoms with Crippen LogP contribution in [-0.2, 0) is 19.5 Å². The Kier molecular flexibility index (Phi) is 5.67. The molecule has 2 aromatic heterocycles. The maximum absolute atomic E-state index is 11.6. The van der Waals surface area contributed by atoms with Crippen LogP contribution in [0.25, 0.3) is 22.0 Å². The molecule has 1 saturated heterocycles. The summed E-state index contributed by atoms with van der Waals surface area (Å²) in [6, 6.07) is 15.6. The Morgan fingerprint density at radius 3 is 2.49 bits per heavy atom. The lowest BCUT2D eigenvalue weighted by Crippen LogP contribution is -2.31. The van der Waals surface area contributed by atoms with Gasteiger partial charge in [0.2, 0.25) is 5.95 Å². The molecule has 1 amide bonds. The molecule has 8 nitrogen and oxygen atoms in total. The normalized spacial score (nSPS) is 16.0. The van der Waals surface area contributed by atoms with Crippen molar-refractivity contribution in [1.29, 1.82) is 0 Å². The maximum Gasteiger partial charge on any atom is 0.277 e. The van der Waals surface area contributed by atoms with Gasteiger partial charge in [0.25, 0.3) is 5.91 Å². The van der Waals surface area contributed by atoms with Gasteiger partial charge in [0.15, 0.2) is 0 Å². The molecule has 178 valence electrons. The van der Waals surface area contributed by atoms with Gasteiger partial charge in [-0.1, -0.05) is 30.3 Å². The largest absolute Gasteiger partial charge is 0.358 e. The Labute approximate surface area is 203 Å². The Balaban J connectivity index is 1.24. The highest BCUT2D eigenvalue weighted by Gasteiger charge is 2.23. The fourth-order valence-corrected chi connectivity index (χ4v) is 5.23. The SMILES string of the molecule is O=C(NO)c1cnc(N2CCc3[nH]c4ccc(-c5ccc(CN6CCCC6)cc5)cc4c3C2)nc1. The molecular weight excluding hydrogens is 440 g/mol. The van der Waals surface area contributed by atoms with Crippen LogP contribution in [0.4, 0.5) is 5.95 Å². The van der Waals surface area contributed by atoms with Crippen molar-refractivity contribution >= 4 is 22.8 Å². The van der Waals surface area contributed by atoms with Crippen molar-refractivity contribution in [2.75, 3.05) is 24.5 Å². The predicted molar refractivity (Wildman–Crippen MR) is 134 cm³/mol. The molecule has 2 aromatic carbocycles. The minimum atomic E-state index is -0.620. The number of aromatic amines is 1. The van der Waals surface area contributed by atoms with Crippen LogP contribution in [0.5, 0.6) is 0 Å². The first kappa shape index (κ1) is 21.8. The minimum absolute atomic E-state index is 0.220. The fourth-order valence-electron chi connectivity index (χ4n) is 5.23. The van der Waals surface area contributed by atoms with Crippen molar-refractivity contribution < 1.29 is 10.0 Å². The van der Waals surface area contributed by atoms with Crippen LogP contribution in [-0.4, -0.2) is 50.6 Å². The summed E-state index contributed by atoms with van der Waals surface area (Å²) in [6.07, 6.45) is 6.37. The Bertz CT molecular complexity index is 1360. The van der Waals surface area contributed by atoms with Gasteiger partial charge in [-0.05, 0) is 54.8 Å². The van der Waals surface area contributed by atoms with E-state index >= 15 is 0 Å². The van der Waals surface area contributed by atoms with E-state index in [0.717, 1.165) is 25.0 Å². The third-order valence-corrected chi connectivity index (χ3v) is 7.15. The highest BCUT2D eigenvalue weighted by molar-refractivity contribution is 5.93. The number of aromatic nitrogens is 3. The van der Waals surface area contributed by atoms with E-state index in [0.29, 0.717) is 12.5 Å². The number of amides is 1. The molecule has 0 spiro atoms. The standard InChI is InChI=1S/C27H28N6O2/c34-26(31-35)21-14-28-27(29-15-21)33-12-9-25-23(17-33)22-13-20(7-8-24(22)30-25)19-5-3-18(4-6-19)16-32-10-1-2-11-32/h3-8,13-15,30,35H,1-2,9-12,16-17H2,(H,31,34). The van der Waals surface area contributed by atoms with Crippen LogP contribution in [0, 0.1) is 0 Å². The van der Waals surface area contributed by atoms with Crippen LogP contribution in [0.15, 0.2) is 54.9 Å². The molecule has 35 heavy (non-hydrogen) atoms. The van der Waals surface area contributed by atoms with E-state index in [1.165, 1.54) is 71.7 Å². The number of fused-ring (bicyclic) bond motifs is 3. The lowest BCUT2D eigenvalue weighted by atomic mass is 9.99. The summed E-state index contributed by atoms with van der Waals surface area (Å²) >= 11 is 0. The van der Waals surface area contributed by atoms with Crippen LogP contribution < -0.4 is 10.4 Å². The topological polar surface area (TPSA) is 97.4 Å². The first-order chi connectivity index (χ1) is 17.2. The van der Waals surface area contributed by atoms with E-state index in [-0.39, 0.29) is 5.56 Å². The number of hydrogen-bond donors (Lipinski definition) is 3. The highest BCUT2D eigenvalue weighted by Crippen LogP contribution is 2.32. The first-order valence-electron chi connectivity index (χ1n) is 12.1. The number of hydroxylamine groups is 1. The molecule has 6 rings (SSSR count). The van der Waals surface area contributed by atoms with Crippen molar-refractivity contribution in [3.8, 4) is 11.1 Å².